The number of hydrogen-bond donors (Lipinski definition) is 3. The number of rotatable bonds is 12. The van der Waals surface area contributed by atoms with E-state index in [0.717, 1.165) is 50.2 Å². The van der Waals surface area contributed by atoms with Gasteiger partial charge in [-0.05, 0) is 98.3 Å². The Kier molecular flexibility index (Phi) is 13.0. The largest absolute Gasteiger partial charge is 0.416 e. The van der Waals surface area contributed by atoms with Crippen molar-refractivity contribution >= 4 is 35.0 Å². The lowest BCUT2D eigenvalue weighted by molar-refractivity contribution is -0.137. The summed E-state index contributed by atoms with van der Waals surface area (Å²) in [5.41, 5.74) is 2.64. The maximum atomic E-state index is 13.8. The molecule has 3 aromatic carbocycles. The number of anilines is 2. The van der Waals surface area contributed by atoms with E-state index < -0.39 is 23.6 Å². The Morgan fingerprint density at radius 1 is 0.821 bits per heavy atom. The lowest BCUT2D eigenvalue weighted by Crippen LogP contribution is -2.46. The van der Waals surface area contributed by atoms with Crippen LogP contribution in [0.25, 0.3) is 11.3 Å². The number of likely N-dealkylation sites (tertiary alicyclic amines) is 1. The zero-order valence-electron chi connectivity index (χ0n) is 31.2. The van der Waals surface area contributed by atoms with E-state index in [-0.39, 0.29) is 41.9 Å². The molecule has 0 radical (unpaired) electrons. The second kappa shape index (κ2) is 18.2. The van der Waals surface area contributed by atoms with Crippen molar-refractivity contribution in [2.24, 2.45) is 5.92 Å². The molecule has 0 unspecified atom stereocenters. The van der Waals surface area contributed by atoms with Crippen molar-refractivity contribution in [3.05, 3.63) is 113 Å². The van der Waals surface area contributed by atoms with Gasteiger partial charge < -0.3 is 30.5 Å². The third-order valence-corrected chi connectivity index (χ3v) is 10.0. The molecule has 11 nitrogen and oxygen atoms in total. The van der Waals surface area contributed by atoms with E-state index in [1.165, 1.54) is 30.5 Å². The van der Waals surface area contributed by atoms with Crippen molar-refractivity contribution in [3.63, 3.8) is 0 Å². The van der Waals surface area contributed by atoms with Crippen LogP contribution in [0.1, 0.15) is 74.3 Å². The summed E-state index contributed by atoms with van der Waals surface area (Å²) in [6.45, 7) is 3.19. The third kappa shape index (κ3) is 10.1. The van der Waals surface area contributed by atoms with E-state index in [1.54, 1.807) is 42.3 Å². The highest BCUT2D eigenvalue weighted by atomic mass is 19.4. The maximum Gasteiger partial charge on any atom is 0.416 e. The first-order valence-corrected chi connectivity index (χ1v) is 18.8. The molecule has 6 rings (SSSR count). The van der Waals surface area contributed by atoms with Crippen LogP contribution in [0, 0.1) is 5.92 Å². The van der Waals surface area contributed by atoms with Crippen molar-refractivity contribution < 1.29 is 37.1 Å². The number of amides is 4. The number of carbonyl (C=O) groups excluding carboxylic acids is 4. The molecule has 3 heterocycles. The molecule has 0 saturated carbocycles. The third-order valence-electron chi connectivity index (χ3n) is 10.0. The van der Waals surface area contributed by atoms with Crippen LogP contribution in [0.4, 0.5) is 24.5 Å². The average molecular weight is 771 g/mol. The van der Waals surface area contributed by atoms with Crippen molar-refractivity contribution in [1.82, 2.24) is 20.5 Å². The highest BCUT2D eigenvalue weighted by molar-refractivity contribution is 6.08. The fourth-order valence-electron chi connectivity index (χ4n) is 7.03. The smallest absolute Gasteiger partial charge is 0.383 e. The van der Waals surface area contributed by atoms with Gasteiger partial charge in [0.25, 0.3) is 17.7 Å². The van der Waals surface area contributed by atoms with Gasteiger partial charge in [-0.1, -0.05) is 18.2 Å². The van der Waals surface area contributed by atoms with Crippen LogP contribution in [0.2, 0.25) is 0 Å². The van der Waals surface area contributed by atoms with Crippen LogP contribution in [0.5, 0.6) is 0 Å². The van der Waals surface area contributed by atoms with Gasteiger partial charge in [0.1, 0.15) is 0 Å². The van der Waals surface area contributed by atoms with Gasteiger partial charge in [0.2, 0.25) is 5.91 Å². The first-order chi connectivity index (χ1) is 27.0. The number of methoxy groups -OCH3 is 1. The number of piperidine rings is 2. The maximum absolute atomic E-state index is 13.8. The van der Waals surface area contributed by atoms with E-state index in [9.17, 15) is 32.3 Å². The normalized spacial score (nSPS) is 15.9. The van der Waals surface area contributed by atoms with Crippen LogP contribution in [-0.4, -0.2) is 80.0 Å². The van der Waals surface area contributed by atoms with Gasteiger partial charge in [-0.15, -0.1) is 0 Å². The summed E-state index contributed by atoms with van der Waals surface area (Å²) in [6, 6.07) is 20.0. The first-order valence-electron chi connectivity index (χ1n) is 18.8. The predicted octanol–water partition coefficient (Wildman–Crippen LogP) is 6.55. The summed E-state index contributed by atoms with van der Waals surface area (Å²) in [6.07, 6.45) is 1.55. The number of nitrogens with zero attached hydrogens (tertiary/aromatic N) is 3. The average Bonchev–Trinajstić information content (AvgIpc) is 3.23. The molecule has 2 aliphatic rings. The molecule has 2 aliphatic heterocycles. The van der Waals surface area contributed by atoms with Crippen LogP contribution in [-0.2, 0) is 22.3 Å². The number of ether oxygens (including phenoxy) is 1. The molecular weight excluding hydrogens is 725 g/mol. The topological polar surface area (TPSA) is 133 Å². The molecule has 0 bridgehead atoms. The molecule has 2 saturated heterocycles. The number of alkyl halides is 3. The number of pyridine rings is 1. The summed E-state index contributed by atoms with van der Waals surface area (Å²) in [7, 11) is 1.56. The zero-order valence-corrected chi connectivity index (χ0v) is 31.2. The van der Waals surface area contributed by atoms with E-state index in [1.807, 2.05) is 12.1 Å². The molecule has 14 heteroatoms. The minimum atomic E-state index is -4.50. The SMILES string of the molecule is COCCNC(=O)[C@H]1CCCN(C(=O)c2cccc(C(=O)Nc3ccc(N4CCCCC4)cc3-c3cc(C(=O)NCc4cccc(C(F)(F)F)c4)ccn3)c2)C1. The summed E-state index contributed by atoms with van der Waals surface area (Å²) in [5.74, 6) is -1.69. The summed E-state index contributed by atoms with van der Waals surface area (Å²) >= 11 is 0. The van der Waals surface area contributed by atoms with Crippen molar-refractivity contribution in [3.8, 4) is 11.3 Å². The van der Waals surface area contributed by atoms with Crippen LogP contribution in [0.15, 0.2) is 85.1 Å². The lowest BCUT2D eigenvalue weighted by atomic mass is 9.96. The summed E-state index contributed by atoms with van der Waals surface area (Å²) < 4.78 is 44.7. The molecular formula is C42H45F3N6O5. The molecule has 4 aromatic rings. The Balaban J connectivity index is 1.20. The van der Waals surface area contributed by atoms with Gasteiger partial charge in [0.05, 0.1) is 29.5 Å². The van der Waals surface area contributed by atoms with Gasteiger partial charge in [-0.25, -0.2) is 0 Å². The van der Waals surface area contributed by atoms with Crippen LogP contribution >= 0.6 is 0 Å². The van der Waals surface area contributed by atoms with Gasteiger partial charge >= 0.3 is 6.18 Å². The van der Waals surface area contributed by atoms with Gasteiger partial charge in [-0.3, -0.25) is 24.2 Å². The Bertz CT molecular complexity index is 2050. The highest BCUT2D eigenvalue weighted by Gasteiger charge is 2.31. The zero-order chi connectivity index (χ0) is 39.7. The molecule has 1 atom stereocenters. The lowest BCUT2D eigenvalue weighted by Gasteiger charge is -2.32. The Morgan fingerprint density at radius 2 is 1.59 bits per heavy atom. The van der Waals surface area contributed by atoms with Gasteiger partial charge in [0, 0.05) is 80.5 Å². The summed E-state index contributed by atoms with van der Waals surface area (Å²) in [4.78, 5) is 61.8. The van der Waals surface area contributed by atoms with Crippen molar-refractivity contribution in [2.75, 3.05) is 56.7 Å². The van der Waals surface area contributed by atoms with E-state index in [4.69, 9.17) is 4.74 Å². The fraction of sp³-hybridized carbons (Fsp3) is 0.357. The molecule has 2 fully saturated rings. The van der Waals surface area contributed by atoms with Crippen molar-refractivity contribution in [1.29, 1.82) is 0 Å². The molecule has 294 valence electrons. The number of benzene rings is 3. The minimum absolute atomic E-state index is 0.115. The molecule has 0 aliphatic carbocycles. The van der Waals surface area contributed by atoms with Gasteiger partial charge in [0.15, 0.2) is 0 Å². The van der Waals surface area contributed by atoms with Crippen molar-refractivity contribution in [2.45, 2.75) is 44.8 Å². The molecule has 3 N–H and O–H groups in total. The number of nitrogens with one attached hydrogen (secondary N) is 3. The number of aromatic nitrogens is 1. The molecule has 1 aromatic heterocycles. The first kappa shape index (κ1) is 39.9. The number of carbonyl (C=O) groups is 4. The Labute approximate surface area is 323 Å². The molecule has 0 spiro atoms. The molecule has 56 heavy (non-hydrogen) atoms. The Hall–Kier alpha value is -5.76. The minimum Gasteiger partial charge on any atom is -0.383 e. The van der Waals surface area contributed by atoms with Gasteiger partial charge in [-0.2, -0.15) is 13.2 Å². The van der Waals surface area contributed by atoms with Crippen LogP contribution < -0.4 is 20.9 Å². The van der Waals surface area contributed by atoms with E-state index >= 15 is 0 Å². The number of hydrogen-bond acceptors (Lipinski definition) is 7. The summed E-state index contributed by atoms with van der Waals surface area (Å²) in [5, 5.41) is 8.53. The quantitative estimate of drug-likeness (QED) is 0.139. The predicted molar refractivity (Wildman–Crippen MR) is 206 cm³/mol. The second-order valence-electron chi connectivity index (χ2n) is 14.0. The number of halogens is 3. The van der Waals surface area contributed by atoms with Crippen LogP contribution in [0.3, 0.4) is 0 Å². The molecule has 4 amide bonds. The second-order valence-corrected chi connectivity index (χ2v) is 14.0. The fourth-order valence-corrected chi connectivity index (χ4v) is 7.03. The standard InChI is InChI=1S/C42H45F3N6O5/c1-56-21-17-47-39(53)32-11-7-20-51(27-32)41(55)31-10-6-9-29(23-31)40(54)49-36-14-13-34(50-18-3-2-4-19-50)25-35(36)37-24-30(15-16-46-37)38(52)48-26-28-8-5-12-33(22-28)42(43,44)45/h5-6,8-10,12-16,22-25,32H,2-4,7,11,17-21,26-27H2,1H3,(H,47,53)(H,48,52)(H,49,54)/t32-/m0/s1. The Morgan fingerprint density at radius 3 is 2.38 bits per heavy atom. The highest BCUT2D eigenvalue weighted by Crippen LogP contribution is 2.34. The monoisotopic (exact) mass is 770 g/mol. The van der Waals surface area contributed by atoms with E-state index in [2.05, 4.69) is 25.8 Å². The van der Waals surface area contributed by atoms with E-state index in [0.29, 0.717) is 60.6 Å².